The number of halogens is 2. The summed E-state index contributed by atoms with van der Waals surface area (Å²) in [4.78, 5) is 22.7. The highest BCUT2D eigenvalue weighted by Crippen LogP contribution is 2.32. The number of carbonyl (C=O) groups is 1. The lowest BCUT2D eigenvalue weighted by atomic mass is 9.90. The summed E-state index contributed by atoms with van der Waals surface area (Å²) in [5, 5.41) is 3.34. The molecule has 2 aromatic rings. The van der Waals surface area contributed by atoms with Crippen LogP contribution in [-0.4, -0.2) is 60.8 Å². The number of rotatable bonds is 4. The zero-order valence-corrected chi connectivity index (χ0v) is 15.9. The minimum atomic E-state index is -2.55. The number of hydrogen-bond acceptors (Lipinski definition) is 6. The zero-order valence-electron chi connectivity index (χ0n) is 15.1. The molecule has 2 aliphatic rings. The number of carbonyl (C=O) groups excluding carboxylic acids is 1. The molecule has 10 heteroatoms. The van der Waals surface area contributed by atoms with Crippen molar-refractivity contribution in [3.63, 3.8) is 0 Å². The van der Waals surface area contributed by atoms with Crippen LogP contribution in [0.3, 0.4) is 0 Å². The van der Waals surface area contributed by atoms with E-state index in [1.165, 1.54) is 0 Å². The number of imidazole rings is 1. The maximum atomic E-state index is 13.4. The molecule has 1 amide bonds. The van der Waals surface area contributed by atoms with E-state index in [1.807, 2.05) is 11.9 Å². The molecule has 0 atom stereocenters. The van der Waals surface area contributed by atoms with Crippen molar-refractivity contribution in [3.05, 3.63) is 17.5 Å². The molecule has 1 saturated carbocycles. The van der Waals surface area contributed by atoms with Crippen molar-refractivity contribution in [3.8, 4) is 11.5 Å². The molecule has 7 nitrogen and oxygen atoms in total. The van der Waals surface area contributed by atoms with Crippen LogP contribution in [0.1, 0.15) is 41.9 Å². The van der Waals surface area contributed by atoms with Gasteiger partial charge in [0.05, 0.1) is 19.1 Å². The van der Waals surface area contributed by atoms with E-state index >= 15 is 0 Å². The van der Waals surface area contributed by atoms with E-state index in [0.717, 1.165) is 42.9 Å². The van der Waals surface area contributed by atoms with Gasteiger partial charge in [-0.2, -0.15) is 4.37 Å². The van der Waals surface area contributed by atoms with Crippen LogP contribution in [0.15, 0.2) is 12.5 Å². The number of likely N-dealkylation sites (tertiary alicyclic amines) is 1. The minimum absolute atomic E-state index is 0.0420. The maximum Gasteiger partial charge on any atom is 0.282 e. The fourth-order valence-electron chi connectivity index (χ4n) is 3.90. The zero-order chi connectivity index (χ0) is 19.0. The van der Waals surface area contributed by atoms with Gasteiger partial charge in [-0.3, -0.25) is 9.69 Å². The van der Waals surface area contributed by atoms with Gasteiger partial charge in [0.1, 0.15) is 5.69 Å². The Morgan fingerprint density at radius 2 is 2.11 bits per heavy atom. The van der Waals surface area contributed by atoms with Crippen LogP contribution in [0.25, 0.3) is 11.5 Å². The lowest BCUT2D eigenvalue weighted by Crippen LogP contribution is -2.43. The molecule has 0 aromatic carbocycles. The molecule has 1 N–H and O–H groups in total. The van der Waals surface area contributed by atoms with Crippen LogP contribution in [0.2, 0.25) is 0 Å². The third-order valence-corrected chi connectivity index (χ3v) is 6.13. The molecule has 0 bridgehead atoms. The third-order valence-electron chi connectivity index (χ3n) is 5.41. The molecule has 4 rings (SSSR count). The molecule has 27 heavy (non-hydrogen) atoms. The summed E-state index contributed by atoms with van der Waals surface area (Å²) < 4.78 is 32.8. The predicted octanol–water partition coefficient (Wildman–Crippen LogP) is 2.32. The van der Waals surface area contributed by atoms with Crippen molar-refractivity contribution in [2.24, 2.45) is 7.05 Å². The van der Waals surface area contributed by atoms with Gasteiger partial charge in [0.25, 0.3) is 11.8 Å². The van der Waals surface area contributed by atoms with E-state index < -0.39 is 5.92 Å². The second kappa shape index (κ2) is 7.23. The van der Waals surface area contributed by atoms with Gasteiger partial charge in [-0.1, -0.05) is 0 Å². The van der Waals surface area contributed by atoms with Crippen molar-refractivity contribution in [1.82, 2.24) is 29.1 Å². The van der Waals surface area contributed by atoms with E-state index in [1.54, 1.807) is 17.1 Å². The summed E-state index contributed by atoms with van der Waals surface area (Å²) in [7, 11) is 1.85. The molecular weight excluding hydrogens is 374 g/mol. The second-order valence-corrected chi connectivity index (χ2v) is 8.12. The van der Waals surface area contributed by atoms with Gasteiger partial charge in [-0.25, -0.2) is 18.7 Å². The Hall–Kier alpha value is -1.94. The highest BCUT2D eigenvalue weighted by molar-refractivity contribution is 7.07. The minimum Gasteiger partial charge on any atom is -0.347 e. The summed E-state index contributed by atoms with van der Waals surface area (Å²) in [6.07, 6.45) is 6.53. The smallest absolute Gasteiger partial charge is 0.282 e. The lowest BCUT2D eigenvalue weighted by molar-refractivity contribution is 0.00505. The van der Waals surface area contributed by atoms with Crippen LogP contribution in [0.5, 0.6) is 0 Å². The molecule has 3 heterocycles. The van der Waals surface area contributed by atoms with Crippen molar-refractivity contribution < 1.29 is 13.6 Å². The summed E-state index contributed by atoms with van der Waals surface area (Å²) >= 11 is 1.07. The number of aromatic nitrogens is 4. The molecule has 0 spiro atoms. The molecule has 1 saturated heterocycles. The van der Waals surface area contributed by atoms with Gasteiger partial charge >= 0.3 is 0 Å². The fraction of sp³-hybridized carbons (Fsp3) is 0.647. The van der Waals surface area contributed by atoms with Crippen molar-refractivity contribution in [2.75, 3.05) is 13.1 Å². The highest BCUT2D eigenvalue weighted by atomic mass is 32.1. The van der Waals surface area contributed by atoms with Crippen LogP contribution < -0.4 is 5.32 Å². The van der Waals surface area contributed by atoms with Crippen LogP contribution in [0, 0.1) is 0 Å². The monoisotopic (exact) mass is 396 g/mol. The first kappa shape index (κ1) is 18.4. The largest absolute Gasteiger partial charge is 0.347 e. The van der Waals surface area contributed by atoms with Crippen molar-refractivity contribution in [2.45, 2.75) is 50.1 Å². The average molecular weight is 396 g/mol. The average Bonchev–Trinajstić information content (AvgIpc) is 3.35. The van der Waals surface area contributed by atoms with Gasteiger partial charge < -0.3 is 9.88 Å². The van der Waals surface area contributed by atoms with Crippen molar-refractivity contribution >= 4 is 17.4 Å². The summed E-state index contributed by atoms with van der Waals surface area (Å²) in [5.74, 6) is -2.28. The topological polar surface area (TPSA) is 75.9 Å². The summed E-state index contributed by atoms with van der Waals surface area (Å²) in [6, 6.07) is 0.255. The van der Waals surface area contributed by atoms with Crippen LogP contribution >= 0.6 is 11.5 Å². The number of hydrogen-bond donors (Lipinski definition) is 1. The summed E-state index contributed by atoms with van der Waals surface area (Å²) in [5.41, 5.74) is 0.758. The third kappa shape index (κ3) is 4.01. The molecule has 1 aliphatic carbocycles. The van der Waals surface area contributed by atoms with Gasteiger partial charge in [0.15, 0.2) is 5.82 Å². The van der Waals surface area contributed by atoms with Gasteiger partial charge in [0, 0.05) is 32.1 Å². The first-order chi connectivity index (χ1) is 12.9. The van der Waals surface area contributed by atoms with Gasteiger partial charge in [0.2, 0.25) is 5.01 Å². The molecule has 2 fully saturated rings. The lowest BCUT2D eigenvalue weighted by Gasteiger charge is -2.34. The van der Waals surface area contributed by atoms with Gasteiger partial charge in [-0.05, 0) is 37.2 Å². The van der Waals surface area contributed by atoms with E-state index in [0.29, 0.717) is 17.4 Å². The summed E-state index contributed by atoms with van der Waals surface area (Å²) in [6.45, 7) is 0.340. The Labute approximate surface area is 160 Å². The molecule has 2 aromatic heterocycles. The van der Waals surface area contributed by atoms with E-state index in [2.05, 4.69) is 19.7 Å². The Morgan fingerprint density at radius 3 is 2.74 bits per heavy atom. The molecule has 1 aliphatic heterocycles. The first-order valence-electron chi connectivity index (χ1n) is 9.14. The Morgan fingerprint density at radius 1 is 1.33 bits per heavy atom. The van der Waals surface area contributed by atoms with E-state index in [-0.39, 0.29) is 31.0 Å². The standard InChI is InChI=1S/C17H22F2N6OS/c1-24-10-20-8-13(24)14-22-16(27-23-14)15(26)21-11-2-4-12(5-3-11)25-7-6-17(18,19)9-25/h8,10-12H,2-7,9H2,1H3,(H,21,26). The number of amides is 1. The fourth-order valence-corrected chi connectivity index (χ4v) is 4.48. The molecule has 0 radical (unpaired) electrons. The maximum absolute atomic E-state index is 13.4. The normalized spacial score (nSPS) is 25.6. The number of aryl methyl sites for hydroxylation is 1. The van der Waals surface area contributed by atoms with Crippen LogP contribution in [-0.2, 0) is 7.05 Å². The second-order valence-electron chi connectivity index (χ2n) is 7.37. The van der Waals surface area contributed by atoms with Gasteiger partial charge in [-0.15, -0.1) is 0 Å². The van der Waals surface area contributed by atoms with E-state index in [4.69, 9.17) is 0 Å². The molecule has 0 unspecified atom stereocenters. The number of nitrogens with one attached hydrogen (secondary N) is 1. The van der Waals surface area contributed by atoms with Crippen molar-refractivity contribution in [1.29, 1.82) is 0 Å². The predicted molar refractivity (Wildman–Crippen MR) is 96.8 cm³/mol. The first-order valence-corrected chi connectivity index (χ1v) is 9.92. The highest BCUT2D eigenvalue weighted by Gasteiger charge is 2.41. The Balaban J connectivity index is 1.30. The molecular formula is C17H22F2N6OS. The van der Waals surface area contributed by atoms with E-state index in [9.17, 15) is 13.6 Å². The number of alkyl halides is 2. The number of nitrogens with zero attached hydrogens (tertiary/aromatic N) is 5. The quantitative estimate of drug-likeness (QED) is 0.858. The molecule has 146 valence electrons. The van der Waals surface area contributed by atoms with Crippen LogP contribution in [0.4, 0.5) is 8.78 Å². The SMILES string of the molecule is Cn1cncc1-c1nsc(C(=O)NC2CCC(N3CCC(F)(F)C3)CC2)n1. The Bertz CT molecular complexity index is 814. The Kier molecular flexibility index (Phi) is 4.94.